The van der Waals surface area contributed by atoms with Crippen molar-refractivity contribution in [2.45, 2.75) is 26.7 Å². The lowest BCUT2D eigenvalue weighted by Crippen LogP contribution is -2.11. The molecule has 2 aromatic carbocycles. The van der Waals surface area contributed by atoms with Gasteiger partial charge in [0.2, 0.25) is 5.91 Å². The van der Waals surface area contributed by atoms with Crippen molar-refractivity contribution >= 4 is 23.5 Å². The van der Waals surface area contributed by atoms with E-state index in [9.17, 15) is 9.59 Å². The Bertz CT molecular complexity index is 751. The maximum Gasteiger partial charge on any atom is 0.224 e. The molecular weight excluding hydrogens is 314 g/mol. The molecule has 25 heavy (non-hydrogen) atoms. The van der Waals surface area contributed by atoms with Crippen LogP contribution < -0.4 is 10.1 Å². The topological polar surface area (TPSA) is 55.4 Å². The maximum atomic E-state index is 11.9. The van der Waals surface area contributed by atoms with Crippen molar-refractivity contribution < 1.29 is 14.3 Å². The summed E-state index contributed by atoms with van der Waals surface area (Å²) >= 11 is 0. The van der Waals surface area contributed by atoms with Gasteiger partial charge in [-0.15, -0.1) is 0 Å². The minimum absolute atomic E-state index is 0.0588. The second-order valence-corrected chi connectivity index (χ2v) is 5.69. The molecule has 0 saturated heterocycles. The van der Waals surface area contributed by atoms with Crippen LogP contribution in [0.3, 0.4) is 0 Å². The highest BCUT2D eigenvalue weighted by Gasteiger charge is 2.11. The van der Waals surface area contributed by atoms with Crippen molar-refractivity contribution in [2.24, 2.45) is 0 Å². The Balaban J connectivity index is 2.03. The Morgan fingerprint density at radius 2 is 1.88 bits per heavy atom. The highest BCUT2D eigenvalue weighted by atomic mass is 16.5. The maximum absolute atomic E-state index is 11.9. The van der Waals surface area contributed by atoms with E-state index in [2.05, 4.69) is 5.32 Å². The molecule has 1 amide bonds. The van der Waals surface area contributed by atoms with Crippen LogP contribution in [0.25, 0.3) is 6.08 Å². The molecule has 0 saturated carbocycles. The number of carbonyl (C=O) groups excluding carboxylic acids is 2. The van der Waals surface area contributed by atoms with Crippen LogP contribution in [-0.2, 0) is 4.79 Å². The number of amides is 1. The third-order valence-corrected chi connectivity index (χ3v) is 3.56. The molecule has 0 atom stereocenters. The quantitative estimate of drug-likeness (QED) is 0.709. The van der Waals surface area contributed by atoms with Crippen molar-refractivity contribution in [3.63, 3.8) is 0 Å². The Labute approximate surface area is 148 Å². The summed E-state index contributed by atoms with van der Waals surface area (Å²) in [5.41, 5.74) is 2.16. The number of rotatable bonds is 8. The van der Waals surface area contributed by atoms with Gasteiger partial charge >= 0.3 is 0 Å². The van der Waals surface area contributed by atoms with Gasteiger partial charge in [-0.1, -0.05) is 43.3 Å². The van der Waals surface area contributed by atoms with Gasteiger partial charge in [0.05, 0.1) is 5.56 Å². The third kappa shape index (κ3) is 5.92. The monoisotopic (exact) mass is 337 g/mol. The minimum atomic E-state index is -0.103. The van der Waals surface area contributed by atoms with E-state index < -0.39 is 0 Å². The lowest BCUT2D eigenvalue weighted by atomic mass is 10.1. The van der Waals surface area contributed by atoms with Gasteiger partial charge in [0, 0.05) is 12.1 Å². The zero-order valence-corrected chi connectivity index (χ0v) is 14.6. The molecule has 2 rings (SSSR count). The fraction of sp³-hybridized carbons (Fsp3) is 0.238. The lowest BCUT2D eigenvalue weighted by Gasteiger charge is -2.11. The number of hydrogen-bond acceptors (Lipinski definition) is 3. The van der Waals surface area contributed by atoms with Gasteiger partial charge in [0.25, 0.3) is 0 Å². The predicted molar refractivity (Wildman–Crippen MR) is 101 cm³/mol. The zero-order chi connectivity index (χ0) is 18.1. The summed E-state index contributed by atoms with van der Waals surface area (Å²) in [6, 6.07) is 15.0. The van der Waals surface area contributed by atoms with Gasteiger partial charge < -0.3 is 10.1 Å². The first-order valence-corrected chi connectivity index (χ1v) is 8.39. The average Bonchev–Trinajstić information content (AvgIpc) is 2.60. The number of ether oxygens (including phenoxy) is 1. The molecule has 0 aromatic heterocycles. The molecular formula is C21H23NO3. The highest BCUT2D eigenvalue weighted by Crippen LogP contribution is 2.24. The molecule has 0 fully saturated rings. The Kier molecular flexibility index (Phi) is 6.96. The highest BCUT2D eigenvalue weighted by molar-refractivity contribution is 5.99. The van der Waals surface area contributed by atoms with Gasteiger partial charge in [0.15, 0.2) is 5.78 Å². The molecule has 0 aliphatic heterocycles. The van der Waals surface area contributed by atoms with E-state index in [0.29, 0.717) is 30.0 Å². The number of anilines is 1. The van der Waals surface area contributed by atoms with Crippen molar-refractivity contribution in [1.29, 1.82) is 0 Å². The van der Waals surface area contributed by atoms with Crippen LogP contribution >= 0.6 is 0 Å². The van der Waals surface area contributed by atoms with Gasteiger partial charge in [-0.2, -0.15) is 0 Å². The molecule has 0 spiro atoms. The fourth-order valence-electron chi connectivity index (χ4n) is 2.35. The molecule has 0 unspecified atom stereocenters. The second-order valence-electron chi connectivity index (χ2n) is 5.69. The average molecular weight is 337 g/mol. The lowest BCUT2D eigenvalue weighted by molar-refractivity contribution is -0.116. The number of nitrogens with one attached hydrogen (secondary N) is 1. The Morgan fingerprint density at radius 1 is 1.12 bits per heavy atom. The number of benzene rings is 2. The SMILES string of the molecule is CCCC(=O)Nc1ccc(OC/C=C\c2ccccc2)c(C(C)=O)c1. The molecule has 0 radical (unpaired) electrons. The molecule has 0 bridgehead atoms. The fourth-order valence-corrected chi connectivity index (χ4v) is 2.35. The first kappa shape index (κ1) is 18.5. The summed E-state index contributed by atoms with van der Waals surface area (Å²) in [5.74, 6) is 0.351. The van der Waals surface area contributed by atoms with Crippen molar-refractivity contribution in [3.05, 3.63) is 65.7 Å². The van der Waals surface area contributed by atoms with Crippen LogP contribution in [0.1, 0.15) is 42.6 Å². The first-order valence-electron chi connectivity index (χ1n) is 8.39. The van der Waals surface area contributed by atoms with E-state index in [0.717, 1.165) is 12.0 Å². The Hall–Kier alpha value is -2.88. The van der Waals surface area contributed by atoms with E-state index in [4.69, 9.17) is 4.74 Å². The van der Waals surface area contributed by atoms with E-state index in [1.54, 1.807) is 18.2 Å². The number of Topliss-reactive ketones (excluding diaryl/α,β-unsaturated/α-hetero) is 1. The molecule has 130 valence electrons. The number of ketones is 1. The number of hydrogen-bond donors (Lipinski definition) is 1. The van der Waals surface area contributed by atoms with E-state index in [1.165, 1.54) is 6.92 Å². The van der Waals surface area contributed by atoms with Crippen LogP contribution in [0.4, 0.5) is 5.69 Å². The van der Waals surface area contributed by atoms with Gasteiger partial charge in [-0.25, -0.2) is 0 Å². The normalized spacial score (nSPS) is 10.6. The predicted octanol–water partition coefficient (Wildman–Crippen LogP) is 4.72. The molecule has 0 heterocycles. The van der Waals surface area contributed by atoms with Gasteiger partial charge in [-0.3, -0.25) is 9.59 Å². The zero-order valence-electron chi connectivity index (χ0n) is 14.6. The number of carbonyl (C=O) groups is 2. The van der Waals surface area contributed by atoms with Crippen LogP contribution in [0.2, 0.25) is 0 Å². The van der Waals surface area contributed by atoms with E-state index in [-0.39, 0.29) is 11.7 Å². The summed E-state index contributed by atoms with van der Waals surface area (Å²) in [4.78, 5) is 23.6. The molecule has 0 aliphatic rings. The molecule has 0 aliphatic carbocycles. The van der Waals surface area contributed by atoms with Crippen LogP contribution in [0.5, 0.6) is 5.75 Å². The van der Waals surface area contributed by atoms with Crippen molar-refractivity contribution in [1.82, 2.24) is 0 Å². The van der Waals surface area contributed by atoms with Gasteiger partial charge in [-0.05, 0) is 43.2 Å². The Morgan fingerprint density at radius 3 is 2.56 bits per heavy atom. The smallest absolute Gasteiger partial charge is 0.224 e. The molecule has 1 N–H and O–H groups in total. The summed E-state index contributed by atoms with van der Waals surface area (Å²) in [7, 11) is 0. The summed E-state index contributed by atoms with van der Waals surface area (Å²) in [6.07, 6.45) is 5.10. The molecule has 4 nitrogen and oxygen atoms in total. The van der Waals surface area contributed by atoms with Gasteiger partial charge in [0.1, 0.15) is 12.4 Å². The molecule has 2 aromatic rings. The minimum Gasteiger partial charge on any atom is -0.489 e. The largest absolute Gasteiger partial charge is 0.489 e. The molecule has 4 heteroatoms. The van der Waals surface area contributed by atoms with Crippen molar-refractivity contribution in [3.8, 4) is 5.75 Å². The van der Waals surface area contributed by atoms with Crippen LogP contribution in [0.15, 0.2) is 54.6 Å². The summed E-state index contributed by atoms with van der Waals surface area (Å²) < 4.78 is 5.71. The third-order valence-electron chi connectivity index (χ3n) is 3.56. The van der Waals surface area contributed by atoms with E-state index in [1.807, 2.05) is 49.4 Å². The summed E-state index contributed by atoms with van der Waals surface area (Å²) in [5, 5.41) is 2.79. The van der Waals surface area contributed by atoms with Crippen molar-refractivity contribution in [2.75, 3.05) is 11.9 Å². The van der Waals surface area contributed by atoms with Crippen LogP contribution in [0, 0.1) is 0 Å². The second kappa shape index (κ2) is 9.42. The van der Waals surface area contributed by atoms with E-state index >= 15 is 0 Å². The summed E-state index contributed by atoms with van der Waals surface area (Å²) in [6.45, 7) is 3.79. The first-order chi connectivity index (χ1) is 12.1. The van der Waals surface area contributed by atoms with Crippen LogP contribution in [-0.4, -0.2) is 18.3 Å². The standard InChI is InChI=1S/C21H23NO3/c1-3-8-21(24)22-18-12-13-20(19(15-18)16(2)23)25-14-7-11-17-9-5-4-6-10-17/h4-7,9-13,15H,3,8,14H2,1-2H3,(H,22,24)/b11-7-.